The summed E-state index contributed by atoms with van der Waals surface area (Å²) in [6.45, 7) is 15.4. The molecule has 3 fully saturated rings. The van der Waals surface area contributed by atoms with Gasteiger partial charge in [-0.2, -0.15) is 0 Å². The van der Waals surface area contributed by atoms with Crippen LogP contribution in [0.15, 0.2) is 102 Å². The van der Waals surface area contributed by atoms with Crippen LogP contribution in [-0.4, -0.2) is 90.6 Å². The zero-order valence-corrected chi connectivity index (χ0v) is 36.3. The molecule has 1 heterocycles. The first-order valence-corrected chi connectivity index (χ1v) is 22.3. The van der Waals surface area contributed by atoms with Gasteiger partial charge in [-0.15, -0.1) is 0 Å². The average molecular weight is 825 g/mol. The molecule has 314 valence electrons. The van der Waals surface area contributed by atoms with Crippen LogP contribution in [0.4, 0.5) is 0 Å². The third kappa shape index (κ3) is 6.44. The molecule has 1 saturated heterocycles. The number of aliphatic hydroxyl groups is 2. The number of hydrogen-bond donors (Lipinski definition) is 2. The van der Waals surface area contributed by atoms with Crippen molar-refractivity contribution in [3.05, 3.63) is 108 Å². The van der Waals surface area contributed by atoms with Crippen LogP contribution in [0, 0.1) is 16.7 Å². The molecule has 1 aliphatic heterocycles. The van der Waals surface area contributed by atoms with Gasteiger partial charge in [-0.3, -0.25) is 14.4 Å². The molecular formula is C47H56O11Si. The van der Waals surface area contributed by atoms with Crippen molar-refractivity contribution in [1.29, 1.82) is 0 Å². The van der Waals surface area contributed by atoms with Crippen molar-refractivity contribution in [3.8, 4) is 0 Å². The van der Waals surface area contributed by atoms with Crippen LogP contribution in [0.5, 0.6) is 0 Å². The second-order valence-electron chi connectivity index (χ2n) is 18.5. The van der Waals surface area contributed by atoms with E-state index in [1.165, 1.54) is 13.8 Å². The van der Waals surface area contributed by atoms with Crippen molar-refractivity contribution in [2.24, 2.45) is 16.7 Å². The van der Waals surface area contributed by atoms with Gasteiger partial charge in [0.25, 0.3) is 8.32 Å². The lowest BCUT2D eigenvalue weighted by Crippen LogP contribution is -2.83. The molecule has 2 bridgehead atoms. The number of ketones is 1. The summed E-state index contributed by atoms with van der Waals surface area (Å²) in [5, 5.41) is 26.7. The highest BCUT2D eigenvalue weighted by molar-refractivity contribution is 6.99. The number of hydrogen-bond acceptors (Lipinski definition) is 11. The normalized spacial score (nSPS) is 32.6. The maximum atomic E-state index is 16.3. The summed E-state index contributed by atoms with van der Waals surface area (Å²) in [5.74, 6) is -4.17. The fraction of sp³-hybridized carbons (Fsp3) is 0.489. The van der Waals surface area contributed by atoms with E-state index in [-0.39, 0.29) is 30.6 Å². The number of rotatable bonds is 8. The van der Waals surface area contributed by atoms with Gasteiger partial charge in [-0.1, -0.05) is 113 Å². The van der Waals surface area contributed by atoms with Crippen molar-refractivity contribution in [1.82, 2.24) is 0 Å². The number of carbonyl (C=O) groups excluding carboxylic acids is 4. The Kier molecular flexibility index (Phi) is 10.8. The molecule has 9 atom stereocenters. The molecular weight excluding hydrogens is 769 g/mol. The molecule has 3 aromatic carbocycles. The molecule has 3 aliphatic carbocycles. The molecule has 0 radical (unpaired) electrons. The predicted octanol–water partition coefficient (Wildman–Crippen LogP) is 5.24. The zero-order valence-electron chi connectivity index (χ0n) is 35.3. The Bertz CT molecular complexity index is 2110. The Labute approximate surface area is 347 Å². The van der Waals surface area contributed by atoms with Crippen LogP contribution in [-0.2, 0) is 37.8 Å². The Balaban J connectivity index is 1.58. The van der Waals surface area contributed by atoms with Crippen LogP contribution < -0.4 is 10.4 Å². The largest absolute Gasteiger partial charge is 0.455 e. The van der Waals surface area contributed by atoms with Crippen molar-refractivity contribution < 1.29 is 52.8 Å². The number of fused-ring (bicyclic) bond motifs is 5. The molecule has 0 amide bonds. The van der Waals surface area contributed by atoms with Gasteiger partial charge in [0.1, 0.15) is 17.8 Å². The average Bonchev–Trinajstić information content (AvgIpc) is 3.17. The lowest BCUT2D eigenvalue weighted by molar-refractivity contribution is -0.344. The quantitative estimate of drug-likeness (QED) is 0.133. The topological polar surface area (TPSA) is 155 Å². The molecule has 4 aliphatic rings. The van der Waals surface area contributed by atoms with Gasteiger partial charge in [0.2, 0.25) is 0 Å². The predicted molar refractivity (Wildman–Crippen MR) is 221 cm³/mol. The highest BCUT2D eigenvalue weighted by Gasteiger charge is 2.79. The van der Waals surface area contributed by atoms with E-state index in [1.54, 1.807) is 58.0 Å². The van der Waals surface area contributed by atoms with E-state index in [4.69, 9.17) is 23.4 Å². The van der Waals surface area contributed by atoms with Gasteiger partial charge in [-0.25, -0.2) is 4.79 Å². The smallest absolute Gasteiger partial charge is 0.338 e. The van der Waals surface area contributed by atoms with Crippen LogP contribution >= 0.6 is 0 Å². The molecule has 3 aromatic rings. The highest BCUT2D eigenvalue weighted by Crippen LogP contribution is 2.65. The highest BCUT2D eigenvalue weighted by atomic mass is 28.4. The summed E-state index contributed by atoms with van der Waals surface area (Å²) in [6, 6.07) is 28.1. The Morgan fingerprint density at radius 2 is 1.37 bits per heavy atom. The van der Waals surface area contributed by atoms with Gasteiger partial charge in [-0.05, 0) is 52.5 Å². The summed E-state index contributed by atoms with van der Waals surface area (Å²) < 4.78 is 33.2. The number of esters is 3. The monoisotopic (exact) mass is 824 g/mol. The second-order valence-corrected chi connectivity index (χ2v) is 22.8. The van der Waals surface area contributed by atoms with Gasteiger partial charge in [0.05, 0.1) is 35.7 Å². The van der Waals surface area contributed by atoms with E-state index in [0.717, 1.165) is 10.4 Å². The van der Waals surface area contributed by atoms with Gasteiger partial charge >= 0.3 is 17.9 Å². The minimum absolute atomic E-state index is 0.0607. The molecule has 2 N–H and O–H groups in total. The lowest BCUT2D eigenvalue weighted by atomic mass is 9.44. The second kappa shape index (κ2) is 14.9. The molecule has 0 aromatic heterocycles. The molecule has 59 heavy (non-hydrogen) atoms. The number of aliphatic hydroxyl groups excluding tert-OH is 1. The van der Waals surface area contributed by atoms with Crippen molar-refractivity contribution >= 4 is 42.4 Å². The molecule has 7 rings (SSSR count). The van der Waals surface area contributed by atoms with Gasteiger partial charge in [0, 0.05) is 32.1 Å². The van der Waals surface area contributed by atoms with Gasteiger partial charge in [0.15, 0.2) is 17.5 Å². The molecule has 12 heteroatoms. The first kappa shape index (κ1) is 42.7. The Morgan fingerprint density at radius 1 is 0.831 bits per heavy atom. The van der Waals surface area contributed by atoms with Crippen LogP contribution in [0.3, 0.4) is 0 Å². The molecule has 1 unspecified atom stereocenters. The maximum Gasteiger partial charge on any atom is 0.338 e. The summed E-state index contributed by atoms with van der Waals surface area (Å²) in [7, 11) is -3.51. The molecule has 11 nitrogen and oxygen atoms in total. The molecule has 2 saturated carbocycles. The summed E-state index contributed by atoms with van der Waals surface area (Å²) in [4.78, 5) is 57.3. The summed E-state index contributed by atoms with van der Waals surface area (Å²) in [5.41, 5.74) is -6.34. The fourth-order valence-electron chi connectivity index (χ4n) is 11.0. The first-order chi connectivity index (χ1) is 27.7. The fourth-order valence-corrected chi connectivity index (χ4v) is 15.7. The lowest BCUT2D eigenvalue weighted by Gasteiger charge is -2.68. The minimum atomic E-state index is -3.51. The van der Waals surface area contributed by atoms with E-state index in [0.29, 0.717) is 5.57 Å². The third-order valence-electron chi connectivity index (χ3n) is 13.9. The Hall–Kier alpha value is -4.46. The van der Waals surface area contributed by atoms with Gasteiger partial charge < -0.3 is 33.6 Å². The minimum Gasteiger partial charge on any atom is -0.455 e. The van der Waals surface area contributed by atoms with Crippen LogP contribution in [0.25, 0.3) is 0 Å². The third-order valence-corrected chi connectivity index (χ3v) is 19.0. The van der Waals surface area contributed by atoms with E-state index < -0.39 is 95.5 Å². The molecule has 0 spiro atoms. The number of benzene rings is 3. The standard InChI is InChI=1S/C47H56O11Si/c1-28-34(50)26-47(53)41(56-42(52)31-19-13-10-14-20-31)39-45(9,40(51)38(55-29(2)48)37(28)44(47,7)8)35(25-36-46(39,27-54-36)57-30(3)49)58-59(43(4,5)6,32-21-15-11-16-22-32)33-23-17-12-18-24-33/h10-24,34-36,38-39,41,50,53H,25-27H2,1-9H3/t34-,35-,36+,38?,39-,41-,45+,46-,47+/m0/s1. The van der Waals surface area contributed by atoms with Crippen LogP contribution in [0.1, 0.15) is 85.5 Å². The number of ether oxygens (including phenoxy) is 4. The van der Waals surface area contributed by atoms with E-state index in [9.17, 15) is 24.6 Å². The Morgan fingerprint density at radius 3 is 1.85 bits per heavy atom. The van der Waals surface area contributed by atoms with Crippen molar-refractivity contribution in [2.75, 3.05) is 6.61 Å². The number of carbonyl (C=O) groups is 4. The van der Waals surface area contributed by atoms with Crippen LogP contribution in [0.2, 0.25) is 5.04 Å². The SMILES string of the molecule is CC(=O)OC1C(=O)[C@]2(C)[C@@H](O[Si](c3ccccc3)(c3ccccc3)C(C)(C)C)C[C@H]3OC[C@@]3(OC(C)=O)[C@H]2[C@H](OC(=O)c2ccccc2)[C@]2(O)C[C@H](O)C(C)=C1C2(C)C. The van der Waals surface area contributed by atoms with E-state index in [1.807, 2.05) is 60.7 Å². The van der Waals surface area contributed by atoms with E-state index in [2.05, 4.69) is 20.8 Å². The zero-order chi connectivity index (χ0) is 42.9. The summed E-state index contributed by atoms with van der Waals surface area (Å²) in [6.07, 6.45) is -6.76. The van der Waals surface area contributed by atoms with Crippen molar-refractivity contribution in [3.63, 3.8) is 0 Å². The summed E-state index contributed by atoms with van der Waals surface area (Å²) >= 11 is 0. The number of Topliss-reactive ketones (excluding diaryl/α,β-unsaturated/α-hetero) is 1. The van der Waals surface area contributed by atoms with Crippen molar-refractivity contribution in [2.45, 2.75) is 122 Å². The first-order valence-electron chi connectivity index (χ1n) is 20.4. The van der Waals surface area contributed by atoms with E-state index >= 15 is 4.79 Å². The maximum absolute atomic E-state index is 16.3.